The minimum Gasteiger partial charge on any atom is -0.258 e. The molecular weight excluding hydrogens is 242 g/mol. The number of aromatic nitrogens is 1. The van der Waals surface area contributed by atoms with Crippen LogP contribution in [0.4, 0.5) is 0 Å². The molecule has 1 aromatic heterocycles. The van der Waals surface area contributed by atoms with Crippen LogP contribution in [0.5, 0.6) is 0 Å². The van der Waals surface area contributed by atoms with Crippen molar-refractivity contribution in [3.8, 4) is 0 Å². The largest absolute Gasteiger partial charge is 0.258 e. The van der Waals surface area contributed by atoms with Gasteiger partial charge in [-0.2, -0.15) is 0 Å². The van der Waals surface area contributed by atoms with E-state index < -0.39 is 0 Å². The zero-order valence-electron chi connectivity index (χ0n) is 12.1. The summed E-state index contributed by atoms with van der Waals surface area (Å²) >= 11 is 0. The molecule has 1 aromatic carbocycles. The predicted molar refractivity (Wildman–Crippen MR) is 83.8 cm³/mol. The number of benzene rings is 1. The van der Waals surface area contributed by atoms with Crippen molar-refractivity contribution >= 4 is 0 Å². The van der Waals surface area contributed by atoms with Crippen LogP contribution in [0, 0.1) is 5.92 Å². The van der Waals surface area contributed by atoms with Gasteiger partial charge >= 0.3 is 0 Å². The van der Waals surface area contributed by atoms with Gasteiger partial charge in [0.25, 0.3) is 0 Å². The van der Waals surface area contributed by atoms with Crippen LogP contribution >= 0.6 is 0 Å². The summed E-state index contributed by atoms with van der Waals surface area (Å²) in [5.74, 6) is 0.864. The Labute approximate surface area is 122 Å². The zero-order valence-corrected chi connectivity index (χ0v) is 12.1. The molecule has 2 aromatic rings. The monoisotopic (exact) mass is 265 g/mol. The first-order valence-electron chi connectivity index (χ1n) is 7.89. The highest BCUT2D eigenvalue weighted by Gasteiger charge is 2.14. The molecule has 1 aliphatic rings. The Bertz CT molecular complexity index is 526. The number of hydrogen-bond acceptors (Lipinski definition) is 1. The van der Waals surface area contributed by atoms with E-state index in [4.69, 9.17) is 4.98 Å². The fraction of sp³-hybridized carbons (Fsp3) is 0.421. The Morgan fingerprint density at radius 2 is 1.55 bits per heavy atom. The maximum Gasteiger partial charge on any atom is 0.0450 e. The Morgan fingerprint density at radius 3 is 2.35 bits per heavy atom. The molecule has 0 amide bonds. The van der Waals surface area contributed by atoms with Crippen LogP contribution < -0.4 is 0 Å². The van der Waals surface area contributed by atoms with Gasteiger partial charge in [-0.15, -0.1) is 0 Å². The summed E-state index contributed by atoms with van der Waals surface area (Å²) in [7, 11) is 0. The third kappa shape index (κ3) is 3.69. The van der Waals surface area contributed by atoms with Crippen molar-refractivity contribution in [3.05, 3.63) is 65.5 Å². The lowest BCUT2D eigenvalue weighted by atomic mass is 9.86. The minimum atomic E-state index is 0.864. The van der Waals surface area contributed by atoms with E-state index in [2.05, 4.69) is 48.5 Å². The quantitative estimate of drug-likeness (QED) is 0.774. The van der Waals surface area contributed by atoms with Crippen molar-refractivity contribution in [1.82, 2.24) is 4.98 Å². The highest BCUT2D eigenvalue weighted by atomic mass is 14.7. The second-order valence-corrected chi connectivity index (χ2v) is 5.99. The van der Waals surface area contributed by atoms with Crippen molar-refractivity contribution in [3.63, 3.8) is 0 Å². The maximum atomic E-state index is 4.86. The first-order valence-corrected chi connectivity index (χ1v) is 7.89. The lowest BCUT2D eigenvalue weighted by Crippen LogP contribution is -2.10. The van der Waals surface area contributed by atoms with Crippen molar-refractivity contribution < 1.29 is 0 Å². The Kier molecular flexibility index (Phi) is 4.47. The van der Waals surface area contributed by atoms with Gasteiger partial charge in [0.1, 0.15) is 0 Å². The molecule has 1 aliphatic carbocycles. The third-order valence-corrected chi connectivity index (χ3v) is 4.32. The molecule has 0 atom stereocenters. The molecule has 1 saturated carbocycles. The predicted octanol–water partition coefficient (Wildman–Crippen LogP) is 4.80. The minimum absolute atomic E-state index is 0.864. The number of rotatable bonds is 4. The fourth-order valence-corrected chi connectivity index (χ4v) is 3.23. The lowest BCUT2D eigenvalue weighted by Gasteiger charge is -2.21. The molecule has 1 heteroatoms. The van der Waals surface area contributed by atoms with Crippen LogP contribution in [-0.4, -0.2) is 4.98 Å². The first kappa shape index (κ1) is 13.4. The Hall–Kier alpha value is -1.63. The molecule has 0 bridgehead atoms. The van der Waals surface area contributed by atoms with Gasteiger partial charge in [0.15, 0.2) is 0 Å². The molecule has 0 aliphatic heterocycles. The van der Waals surface area contributed by atoms with E-state index >= 15 is 0 Å². The standard InChI is InChI=1S/C19H23N/c1-3-8-16(9-4-1)14-18-12-7-13-19(20-18)15-17-10-5-2-6-11-17/h1,3-4,7-9,12-13,17H,2,5-6,10-11,14-15H2. The second kappa shape index (κ2) is 6.69. The van der Waals surface area contributed by atoms with Crippen LogP contribution in [0.25, 0.3) is 0 Å². The SMILES string of the molecule is c1ccc(Cc2cccc(CC3CCCCC3)n2)cc1. The van der Waals surface area contributed by atoms with E-state index in [0.717, 1.165) is 12.3 Å². The van der Waals surface area contributed by atoms with Crippen molar-refractivity contribution in [2.24, 2.45) is 5.92 Å². The van der Waals surface area contributed by atoms with Gasteiger partial charge in [-0.1, -0.05) is 68.5 Å². The first-order chi connectivity index (χ1) is 9.90. The van der Waals surface area contributed by atoms with Crippen molar-refractivity contribution in [2.45, 2.75) is 44.9 Å². The molecule has 3 rings (SSSR count). The van der Waals surface area contributed by atoms with E-state index in [1.54, 1.807) is 0 Å². The molecule has 1 nitrogen and oxygen atoms in total. The van der Waals surface area contributed by atoms with Crippen LogP contribution in [0.1, 0.15) is 49.1 Å². The van der Waals surface area contributed by atoms with E-state index in [1.165, 1.54) is 55.5 Å². The van der Waals surface area contributed by atoms with E-state index in [1.807, 2.05) is 0 Å². The normalized spacial score (nSPS) is 16.2. The highest BCUT2D eigenvalue weighted by molar-refractivity contribution is 5.22. The molecule has 0 radical (unpaired) electrons. The van der Waals surface area contributed by atoms with Crippen molar-refractivity contribution in [2.75, 3.05) is 0 Å². The summed E-state index contributed by atoms with van der Waals surface area (Å²) in [6.07, 6.45) is 9.15. The molecule has 0 spiro atoms. The molecule has 104 valence electrons. The van der Waals surface area contributed by atoms with Gasteiger partial charge < -0.3 is 0 Å². The van der Waals surface area contributed by atoms with Gasteiger partial charge in [0.05, 0.1) is 0 Å². The van der Waals surface area contributed by atoms with E-state index in [0.29, 0.717) is 0 Å². The van der Waals surface area contributed by atoms with Gasteiger partial charge in [-0.05, 0) is 30.0 Å². The molecule has 1 fully saturated rings. The average Bonchev–Trinajstić information content (AvgIpc) is 2.50. The summed E-state index contributed by atoms with van der Waals surface area (Å²) in [6.45, 7) is 0. The number of hydrogen-bond donors (Lipinski definition) is 0. The lowest BCUT2D eigenvalue weighted by molar-refractivity contribution is 0.354. The van der Waals surface area contributed by atoms with Gasteiger partial charge in [0.2, 0.25) is 0 Å². The average molecular weight is 265 g/mol. The third-order valence-electron chi connectivity index (χ3n) is 4.32. The van der Waals surface area contributed by atoms with E-state index in [9.17, 15) is 0 Å². The Balaban J connectivity index is 1.66. The summed E-state index contributed by atoms with van der Waals surface area (Å²) < 4.78 is 0. The molecule has 0 unspecified atom stereocenters. The topological polar surface area (TPSA) is 12.9 Å². The van der Waals surface area contributed by atoms with Gasteiger partial charge in [-0.25, -0.2) is 0 Å². The smallest absolute Gasteiger partial charge is 0.0450 e. The van der Waals surface area contributed by atoms with E-state index in [-0.39, 0.29) is 0 Å². The number of nitrogens with zero attached hydrogens (tertiary/aromatic N) is 1. The van der Waals surface area contributed by atoms with Gasteiger partial charge in [-0.3, -0.25) is 4.98 Å². The fourth-order valence-electron chi connectivity index (χ4n) is 3.23. The van der Waals surface area contributed by atoms with Gasteiger partial charge in [0, 0.05) is 17.8 Å². The zero-order chi connectivity index (χ0) is 13.6. The van der Waals surface area contributed by atoms with Crippen LogP contribution in [0.15, 0.2) is 48.5 Å². The maximum absolute atomic E-state index is 4.86. The molecule has 20 heavy (non-hydrogen) atoms. The Morgan fingerprint density at radius 1 is 0.800 bits per heavy atom. The summed E-state index contributed by atoms with van der Waals surface area (Å²) in [5.41, 5.74) is 3.82. The second-order valence-electron chi connectivity index (χ2n) is 5.99. The highest BCUT2D eigenvalue weighted by Crippen LogP contribution is 2.26. The molecule has 0 N–H and O–H groups in total. The van der Waals surface area contributed by atoms with Crippen LogP contribution in [0.3, 0.4) is 0 Å². The molecule has 1 heterocycles. The van der Waals surface area contributed by atoms with Crippen LogP contribution in [-0.2, 0) is 12.8 Å². The molecular formula is C19H23N. The van der Waals surface area contributed by atoms with Crippen molar-refractivity contribution in [1.29, 1.82) is 0 Å². The summed E-state index contributed by atoms with van der Waals surface area (Å²) in [6, 6.07) is 17.1. The summed E-state index contributed by atoms with van der Waals surface area (Å²) in [4.78, 5) is 4.86. The molecule has 0 saturated heterocycles. The van der Waals surface area contributed by atoms with Crippen LogP contribution in [0.2, 0.25) is 0 Å². The number of pyridine rings is 1. The summed E-state index contributed by atoms with van der Waals surface area (Å²) in [5, 5.41) is 0.